The lowest BCUT2D eigenvalue weighted by molar-refractivity contribution is 0.0913. The number of hydrogen-bond acceptors (Lipinski definition) is 4. The highest BCUT2D eigenvalue weighted by Gasteiger charge is 2.25. The van der Waals surface area contributed by atoms with E-state index in [9.17, 15) is 4.79 Å². The topological polar surface area (TPSA) is 60.4 Å². The Morgan fingerprint density at radius 3 is 2.26 bits per heavy atom. The van der Waals surface area contributed by atoms with Crippen molar-refractivity contribution in [1.29, 1.82) is 0 Å². The first kappa shape index (κ1) is 25.7. The first-order valence-corrected chi connectivity index (χ1v) is 11.2. The average molecular weight is 543 g/mol. The number of benzene rings is 1. The van der Waals surface area contributed by atoms with Gasteiger partial charge in [-0.1, -0.05) is 29.8 Å². The number of carbonyl (C=O) groups is 1. The standard InChI is InChI=1S/C23H37N5O2.HI/c1-4-30-23(29)28-15-13-27(14-16-28)22(24-3)25-17-20-9-11-26(12-10-20)18-21-7-5-19(2)6-8-21;/h5-8,20H,4,9-18H2,1-3H3,(H,24,25);1H. The van der Waals surface area contributed by atoms with E-state index in [2.05, 4.69) is 51.3 Å². The Balaban J connectivity index is 0.00000341. The third-order valence-corrected chi connectivity index (χ3v) is 6.10. The minimum Gasteiger partial charge on any atom is -0.450 e. The van der Waals surface area contributed by atoms with Crippen LogP contribution in [0.4, 0.5) is 4.79 Å². The van der Waals surface area contributed by atoms with Gasteiger partial charge in [-0.15, -0.1) is 24.0 Å². The molecule has 1 amide bonds. The zero-order valence-corrected chi connectivity index (χ0v) is 21.5. The second-order valence-corrected chi connectivity index (χ2v) is 8.31. The quantitative estimate of drug-likeness (QED) is 0.352. The molecule has 174 valence electrons. The molecule has 31 heavy (non-hydrogen) atoms. The average Bonchev–Trinajstić information content (AvgIpc) is 2.77. The summed E-state index contributed by atoms with van der Waals surface area (Å²) < 4.78 is 5.10. The number of carbonyl (C=O) groups excluding carboxylic acids is 1. The predicted octanol–water partition coefficient (Wildman–Crippen LogP) is 3.17. The summed E-state index contributed by atoms with van der Waals surface area (Å²) in [6.07, 6.45) is 2.22. The number of aryl methyl sites for hydroxylation is 1. The Morgan fingerprint density at radius 2 is 1.68 bits per heavy atom. The van der Waals surface area contributed by atoms with Crippen LogP contribution in [0.3, 0.4) is 0 Å². The van der Waals surface area contributed by atoms with E-state index < -0.39 is 0 Å². The van der Waals surface area contributed by atoms with Crippen LogP contribution in [0.25, 0.3) is 0 Å². The number of aliphatic imine (C=N–C) groups is 1. The summed E-state index contributed by atoms with van der Waals surface area (Å²) in [6, 6.07) is 8.89. The van der Waals surface area contributed by atoms with Gasteiger partial charge < -0.3 is 19.9 Å². The van der Waals surface area contributed by atoms with Gasteiger partial charge in [-0.3, -0.25) is 9.89 Å². The number of amides is 1. The fourth-order valence-corrected chi connectivity index (χ4v) is 4.18. The number of likely N-dealkylation sites (tertiary alicyclic amines) is 1. The maximum atomic E-state index is 11.9. The van der Waals surface area contributed by atoms with Crippen LogP contribution in [-0.2, 0) is 11.3 Å². The van der Waals surface area contributed by atoms with E-state index in [4.69, 9.17) is 4.74 Å². The highest BCUT2D eigenvalue weighted by molar-refractivity contribution is 14.0. The van der Waals surface area contributed by atoms with Crippen LogP contribution in [0, 0.1) is 12.8 Å². The van der Waals surface area contributed by atoms with Gasteiger partial charge in [-0.25, -0.2) is 4.79 Å². The zero-order valence-electron chi connectivity index (χ0n) is 19.2. The van der Waals surface area contributed by atoms with E-state index in [1.165, 1.54) is 24.0 Å². The molecule has 0 aromatic heterocycles. The van der Waals surface area contributed by atoms with Gasteiger partial charge in [-0.05, 0) is 51.3 Å². The minimum absolute atomic E-state index is 0. The molecular weight excluding hydrogens is 505 g/mol. The fourth-order valence-electron chi connectivity index (χ4n) is 4.18. The number of guanidine groups is 1. The summed E-state index contributed by atoms with van der Waals surface area (Å²) in [4.78, 5) is 22.9. The molecule has 0 aliphatic carbocycles. The van der Waals surface area contributed by atoms with Crippen LogP contribution in [0.1, 0.15) is 30.9 Å². The molecule has 0 spiro atoms. The van der Waals surface area contributed by atoms with Crippen molar-refractivity contribution in [3.05, 3.63) is 35.4 Å². The van der Waals surface area contributed by atoms with Gasteiger partial charge in [-0.2, -0.15) is 0 Å². The minimum atomic E-state index is -0.211. The lowest BCUT2D eigenvalue weighted by atomic mass is 9.96. The number of halogens is 1. The molecular formula is C23H38IN5O2. The van der Waals surface area contributed by atoms with Crippen molar-refractivity contribution in [1.82, 2.24) is 20.0 Å². The van der Waals surface area contributed by atoms with Crippen LogP contribution >= 0.6 is 24.0 Å². The number of hydrogen-bond donors (Lipinski definition) is 1. The van der Waals surface area contributed by atoms with E-state index in [1.807, 2.05) is 14.0 Å². The summed E-state index contributed by atoms with van der Waals surface area (Å²) >= 11 is 0. The molecule has 8 heteroatoms. The molecule has 3 rings (SSSR count). The fraction of sp³-hybridized carbons (Fsp3) is 0.652. The van der Waals surface area contributed by atoms with Crippen molar-refractivity contribution in [2.75, 3.05) is 59.5 Å². The second kappa shape index (κ2) is 13.1. The summed E-state index contributed by atoms with van der Waals surface area (Å²) in [5.74, 6) is 1.62. The first-order valence-electron chi connectivity index (χ1n) is 11.2. The van der Waals surface area contributed by atoms with Gasteiger partial charge in [0, 0.05) is 46.3 Å². The normalized spacial score (nSPS) is 18.5. The third-order valence-electron chi connectivity index (χ3n) is 6.10. The van der Waals surface area contributed by atoms with Crippen LogP contribution in [0.5, 0.6) is 0 Å². The predicted molar refractivity (Wildman–Crippen MR) is 136 cm³/mol. The van der Waals surface area contributed by atoms with Crippen LogP contribution < -0.4 is 5.32 Å². The largest absolute Gasteiger partial charge is 0.450 e. The van der Waals surface area contributed by atoms with Crippen molar-refractivity contribution in [3.8, 4) is 0 Å². The molecule has 0 unspecified atom stereocenters. The van der Waals surface area contributed by atoms with Crippen LogP contribution in [-0.4, -0.2) is 86.2 Å². The molecule has 0 radical (unpaired) electrons. The van der Waals surface area contributed by atoms with E-state index in [0.29, 0.717) is 25.6 Å². The van der Waals surface area contributed by atoms with E-state index >= 15 is 0 Å². The van der Waals surface area contributed by atoms with Gasteiger partial charge in [0.2, 0.25) is 0 Å². The summed E-state index contributed by atoms with van der Waals surface area (Å²) in [5.41, 5.74) is 2.72. The SMILES string of the molecule is CCOC(=O)N1CCN(C(=NC)NCC2CCN(Cc3ccc(C)cc3)CC2)CC1.I. The molecule has 7 nitrogen and oxygen atoms in total. The van der Waals surface area contributed by atoms with E-state index in [0.717, 1.165) is 45.2 Å². The number of ether oxygens (including phenoxy) is 1. The zero-order chi connectivity index (χ0) is 21.3. The Hall–Kier alpha value is -1.55. The van der Waals surface area contributed by atoms with Gasteiger partial charge in [0.15, 0.2) is 5.96 Å². The highest BCUT2D eigenvalue weighted by atomic mass is 127. The van der Waals surface area contributed by atoms with Crippen molar-refractivity contribution in [2.24, 2.45) is 10.9 Å². The molecule has 0 bridgehead atoms. The van der Waals surface area contributed by atoms with Gasteiger partial charge in [0.05, 0.1) is 6.61 Å². The monoisotopic (exact) mass is 543 g/mol. The van der Waals surface area contributed by atoms with Crippen LogP contribution in [0.15, 0.2) is 29.3 Å². The molecule has 2 saturated heterocycles. The smallest absolute Gasteiger partial charge is 0.409 e. The molecule has 0 atom stereocenters. The number of rotatable bonds is 5. The maximum Gasteiger partial charge on any atom is 0.409 e. The van der Waals surface area contributed by atoms with Gasteiger partial charge in [0.25, 0.3) is 0 Å². The van der Waals surface area contributed by atoms with Gasteiger partial charge >= 0.3 is 6.09 Å². The van der Waals surface area contributed by atoms with Crippen LogP contribution in [0.2, 0.25) is 0 Å². The molecule has 2 fully saturated rings. The first-order chi connectivity index (χ1) is 14.6. The molecule has 1 N–H and O–H groups in total. The summed E-state index contributed by atoms with van der Waals surface area (Å²) in [6.45, 7) is 11.6. The maximum absolute atomic E-state index is 11.9. The van der Waals surface area contributed by atoms with Gasteiger partial charge in [0.1, 0.15) is 0 Å². The summed E-state index contributed by atoms with van der Waals surface area (Å²) in [7, 11) is 1.84. The third kappa shape index (κ3) is 7.82. The molecule has 1 aromatic carbocycles. The lowest BCUT2D eigenvalue weighted by Gasteiger charge is -2.37. The Kier molecular flexibility index (Phi) is 10.9. The Bertz CT molecular complexity index is 696. The van der Waals surface area contributed by atoms with Crippen molar-refractivity contribution < 1.29 is 9.53 Å². The Labute approximate surface area is 204 Å². The molecule has 2 aliphatic heterocycles. The van der Waals surface area contributed by atoms with Crippen molar-refractivity contribution in [2.45, 2.75) is 33.2 Å². The van der Waals surface area contributed by atoms with E-state index in [1.54, 1.807) is 4.90 Å². The second-order valence-electron chi connectivity index (χ2n) is 8.31. The molecule has 2 heterocycles. The highest BCUT2D eigenvalue weighted by Crippen LogP contribution is 2.19. The number of piperazine rings is 1. The molecule has 0 saturated carbocycles. The van der Waals surface area contributed by atoms with Crippen molar-refractivity contribution in [3.63, 3.8) is 0 Å². The summed E-state index contributed by atoms with van der Waals surface area (Å²) in [5, 5.41) is 3.57. The van der Waals surface area contributed by atoms with E-state index in [-0.39, 0.29) is 30.1 Å². The van der Waals surface area contributed by atoms with Crippen molar-refractivity contribution >= 4 is 36.0 Å². The number of nitrogens with one attached hydrogen (secondary N) is 1. The number of nitrogens with zero attached hydrogens (tertiary/aromatic N) is 4. The lowest BCUT2D eigenvalue weighted by Crippen LogP contribution is -2.54. The molecule has 2 aliphatic rings. The Morgan fingerprint density at radius 1 is 1.06 bits per heavy atom. The molecule has 1 aromatic rings. The number of piperidine rings is 1.